The zero-order chi connectivity index (χ0) is 20.9. The molecule has 2 aromatic rings. The SMILES string of the molecule is O=C(NCC1CC(=O)N(c2ccccc2)C1)c1cnc(OC2CCOCC2)c(Cl)c1. The lowest BCUT2D eigenvalue weighted by Gasteiger charge is -2.23. The summed E-state index contributed by atoms with van der Waals surface area (Å²) in [4.78, 5) is 30.8. The summed E-state index contributed by atoms with van der Waals surface area (Å²) in [5.41, 5.74) is 1.25. The Kier molecular flexibility index (Phi) is 6.50. The maximum absolute atomic E-state index is 12.5. The van der Waals surface area contributed by atoms with E-state index in [-0.39, 0.29) is 23.8 Å². The topological polar surface area (TPSA) is 80.8 Å². The average molecular weight is 430 g/mol. The van der Waals surface area contributed by atoms with Crippen LogP contribution >= 0.6 is 11.6 Å². The minimum Gasteiger partial charge on any atom is -0.473 e. The second-order valence-electron chi connectivity index (χ2n) is 7.56. The van der Waals surface area contributed by atoms with E-state index in [4.69, 9.17) is 21.1 Å². The first-order chi connectivity index (χ1) is 14.6. The van der Waals surface area contributed by atoms with Crippen LogP contribution in [0.15, 0.2) is 42.6 Å². The maximum atomic E-state index is 12.5. The Morgan fingerprint density at radius 2 is 2.03 bits per heavy atom. The summed E-state index contributed by atoms with van der Waals surface area (Å²) in [6, 6.07) is 11.1. The highest BCUT2D eigenvalue weighted by atomic mass is 35.5. The number of benzene rings is 1. The van der Waals surface area contributed by atoms with Gasteiger partial charge in [-0.2, -0.15) is 0 Å². The van der Waals surface area contributed by atoms with Gasteiger partial charge in [0.2, 0.25) is 11.8 Å². The van der Waals surface area contributed by atoms with E-state index < -0.39 is 0 Å². The van der Waals surface area contributed by atoms with Crippen LogP contribution in [-0.2, 0) is 9.53 Å². The van der Waals surface area contributed by atoms with Crippen molar-refractivity contribution in [2.75, 3.05) is 31.2 Å². The summed E-state index contributed by atoms with van der Waals surface area (Å²) in [6.45, 7) is 2.31. The Morgan fingerprint density at radius 3 is 2.77 bits per heavy atom. The first kappa shape index (κ1) is 20.6. The molecular formula is C22H24ClN3O4. The highest BCUT2D eigenvalue weighted by Crippen LogP contribution is 2.26. The zero-order valence-electron chi connectivity index (χ0n) is 16.6. The average Bonchev–Trinajstić information content (AvgIpc) is 3.15. The molecule has 0 aliphatic carbocycles. The lowest BCUT2D eigenvalue weighted by Crippen LogP contribution is -2.31. The highest BCUT2D eigenvalue weighted by Gasteiger charge is 2.30. The number of pyridine rings is 1. The third-order valence-electron chi connectivity index (χ3n) is 5.34. The molecule has 2 amide bonds. The molecule has 1 N–H and O–H groups in total. The van der Waals surface area contributed by atoms with E-state index in [1.54, 1.807) is 11.0 Å². The van der Waals surface area contributed by atoms with Gasteiger partial charge in [0, 0.05) is 50.2 Å². The molecule has 7 nitrogen and oxygen atoms in total. The van der Waals surface area contributed by atoms with Gasteiger partial charge in [0.25, 0.3) is 5.91 Å². The molecule has 0 saturated carbocycles. The Labute approximate surface area is 180 Å². The number of amides is 2. The summed E-state index contributed by atoms with van der Waals surface area (Å²) >= 11 is 6.28. The molecule has 2 fully saturated rings. The first-order valence-corrected chi connectivity index (χ1v) is 10.5. The standard InChI is InChI=1S/C22H24ClN3O4/c23-19-11-16(13-25-22(19)30-18-6-8-29-9-7-18)21(28)24-12-15-10-20(27)26(14-15)17-4-2-1-3-5-17/h1-5,11,13,15,18H,6-10,12,14H2,(H,24,28). The molecule has 1 aromatic carbocycles. The van der Waals surface area contributed by atoms with Gasteiger partial charge < -0.3 is 19.7 Å². The van der Waals surface area contributed by atoms with Gasteiger partial charge in [0.15, 0.2) is 0 Å². The quantitative estimate of drug-likeness (QED) is 0.763. The minimum absolute atomic E-state index is 0.0240. The van der Waals surface area contributed by atoms with Crippen LogP contribution < -0.4 is 15.0 Å². The number of hydrogen-bond donors (Lipinski definition) is 1. The molecule has 158 valence electrons. The van der Waals surface area contributed by atoms with Crippen LogP contribution in [0, 0.1) is 5.92 Å². The van der Waals surface area contributed by atoms with E-state index >= 15 is 0 Å². The van der Waals surface area contributed by atoms with Crippen molar-refractivity contribution in [3.8, 4) is 5.88 Å². The fraction of sp³-hybridized carbons (Fsp3) is 0.409. The number of aromatic nitrogens is 1. The van der Waals surface area contributed by atoms with Gasteiger partial charge in [-0.05, 0) is 18.2 Å². The van der Waals surface area contributed by atoms with Crippen molar-refractivity contribution in [2.45, 2.75) is 25.4 Å². The second kappa shape index (κ2) is 9.45. The Hall–Kier alpha value is -2.64. The van der Waals surface area contributed by atoms with E-state index in [1.807, 2.05) is 30.3 Å². The lowest BCUT2D eigenvalue weighted by atomic mass is 10.1. The largest absolute Gasteiger partial charge is 0.473 e. The number of anilines is 1. The van der Waals surface area contributed by atoms with Crippen molar-refractivity contribution in [1.82, 2.24) is 10.3 Å². The molecule has 30 heavy (non-hydrogen) atoms. The van der Waals surface area contributed by atoms with E-state index in [1.165, 1.54) is 6.20 Å². The summed E-state index contributed by atoms with van der Waals surface area (Å²) < 4.78 is 11.1. The third kappa shape index (κ3) is 4.91. The van der Waals surface area contributed by atoms with E-state index in [0.717, 1.165) is 18.5 Å². The van der Waals surface area contributed by atoms with Gasteiger partial charge in [-0.1, -0.05) is 29.8 Å². The maximum Gasteiger partial charge on any atom is 0.252 e. The number of rotatable bonds is 6. The number of para-hydroxylation sites is 1. The molecule has 8 heteroatoms. The predicted molar refractivity (Wildman–Crippen MR) is 113 cm³/mol. The Morgan fingerprint density at radius 1 is 1.27 bits per heavy atom. The van der Waals surface area contributed by atoms with Crippen molar-refractivity contribution in [3.63, 3.8) is 0 Å². The summed E-state index contributed by atoms with van der Waals surface area (Å²) in [5.74, 6) is 0.189. The molecule has 1 unspecified atom stereocenters. The number of hydrogen-bond acceptors (Lipinski definition) is 5. The number of nitrogens with one attached hydrogen (secondary N) is 1. The number of halogens is 1. The van der Waals surface area contributed by atoms with Crippen LogP contribution in [-0.4, -0.2) is 49.2 Å². The summed E-state index contributed by atoms with van der Waals surface area (Å²) in [6.07, 6.45) is 3.48. The first-order valence-electron chi connectivity index (χ1n) is 10.1. The van der Waals surface area contributed by atoms with Crippen molar-refractivity contribution >= 4 is 29.1 Å². The number of carbonyl (C=O) groups excluding carboxylic acids is 2. The smallest absolute Gasteiger partial charge is 0.252 e. The predicted octanol–water partition coefficient (Wildman–Crippen LogP) is 3.08. The lowest BCUT2D eigenvalue weighted by molar-refractivity contribution is -0.117. The molecule has 0 spiro atoms. The highest BCUT2D eigenvalue weighted by molar-refractivity contribution is 6.32. The van der Waals surface area contributed by atoms with Crippen molar-refractivity contribution in [3.05, 3.63) is 53.2 Å². The third-order valence-corrected chi connectivity index (χ3v) is 5.61. The van der Waals surface area contributed by atoms with Gasteiger partial charge >= 0.3 is 0 Å². The number of ether oxygens (including phenoxy) is 2. The normalized spacial score (nSPS) is 19.7. The molecule has 2 aliphatic rings. The fourth-order valence-electron chi connectivity index (χ4n) is 3.70. The molecule has 4 rings (SSSR count). The van der Waals surface area contributed by atoms with Crippen LogP contribution in [0.25, 0.3) is 0 Å². The fourth-order valence-corrected chi connectivity index (χ4v) is 3.91. The zero-order valence-corrected chi connectivity index (χ0v) is 17.3. The monoisotopic (exact) mass is 429 g/mol. The van der Waals surface area contributed by atoms with Gasteiger partial charge in [-0.3, -0.25) is 9.59 Å². The Bertz CT molecular complexity index is 903. The van der Waals surface area contributed by atoms with E-state index in [0.29, 0.717) is 49.2 Å². The van der Waals surface area contributed by atoms with Gasteiger partial charge in [0.1, 0.15) is 11.1 Å². The van der Waals surface area contributed by atoms with Gasteiger partial charge in [-0.15, -0.1) is 0 Å². The van der Waals surface area contributed by atoms with Crippen LogP contribution in [0.1, 0.15) is 29.6 Å². The summed E-state index contributed by atoms with van der Waals surface area (Å²) in [5, 5.41) is 3.19. The van der Waals surface area contributed by atoms with Crippen molar-refractivity contribution < 1.29 is 19.1 Å². The summed E-state index contributed by atoms with van der Waals surface area (Å²) in [7, 11) is 0. The van der Waals surface area contributed by atoms with Gasteiger partial charge in [-0.25, -0.2) is 4.98 Å². The molecule has 2 saturated heterocycles. The molecule has 0 radical (unpaired) electrons. The van der Waals surface area contributed by atoms with E-state index in [2.05, 4.69) is 10.3 Å². The molecular weight excluding hydrogens is 406 g/mol. The number of carbonyl (C=O) groups is 2. The molecule has 0 bridgehead atoms. The molecule has 1 aromatic heterocycles. The van der Waals surface area contributed by atoms with Crippen LogP contribution in [0.4, 0.5) is 5.69 Å². The minimum atomic E-state index is -0.271. The van der Waals surface area contributed by atoms with Crippen molar-refractivity contribution in [2.24, 2.45) is 5.92 Å². The van der Waals surface area contributed by atoms with E-state index in [9.17, 15) is 9.59 Å². The van der Waals surface area contributed by atoms with Crippen LogP contribution in [0.3, 0.4) is 0 Å². The molecule has 1 atom stereocenters. The Balaban J connectivity index is 1.31. The molecule has 2 aliphatic heterocycles. The second-order valence-corrected chi connectivity index (χ2v) is 7.97. The van der Waals surface area contributed by atoms with Crippen LogP contribution in [0.5, 0.6) is 5.88 Å². The van der Waals surface area contributed by atoms with Crippen LogP contribution in [0.2, 0.25) is 5.02 Å². The van der Waals surface area contributed by atoms with Gasteiger partial charge in [0.05, 0.1) is 18.8 Å². The van der Waals surface area contributed by atoms with Crippen molar-refractivity contribution in [1.29, 1.82) is 0 Å². The molecule has 3 heterocycles. The number of nitrogens with zero attached hydrogens (tertiary/aromatic N) is 2.